The van der Waals surface area contributed by atoms with E-state index < -0.39 is 27.4 Å². The highest BCUT2D eigenvalue weighted by Gasteiger charge is 2.18. The molecule has 5 nitrogen and oxygen atoms in total. The van der Waals surface area contributed by atoms with Gasteiger partial charge in [0.15, 0.2) is 0 Å². The van der Waals surface area contributed by atoms with Crippen molar-refractivity contribution in [3.8, 4) is 0 Å². The number of anilines is 1. The Morgan fingerprint density at radius 2 is 1.70 bits per heavy atom. The third-order valence-electron chi connectivity index (χ3n) is 4.39. The molecule has 0 bridgehead atoms. The summed E-state index contributed by atoms with van der Waals surface area (Å²) in [4.78, 5) is 14.0. The van der Waals surface area contributed by atoms with E-state index in [9.17, 15) is 22.0 Å². The van der Waals surface area contributed by atoms with Crippen LogP contribution in [-0.4, -0.2) is 32.3 Å². The van der Waals surface area contributed by atoms with Gasteiger partial charge in [-0.3, -0.25) is 9.52 Å². The zero-order valence-electron chi connectivity index (χ0n) is 14.6. The summed E-state index contributed by atoms with van der Waals surface area (Å²) in [6.45, 7) is 1.57. The predicted octanol–water partition coefficient (Wildman–Crippen LogP) is 3.07. The molecule has 1 aliphatic rings. The first kappa shape index (κ1) is 19.3. The molecule has 1 N–H and O–H groups in total. The third kappa shape index (κ3) is 5.26. The van der Waals surface area contributed by atoms with Crippen molar-refractivity contribution in [1.82, 2.24) is 4.90 Å². The number of carbonyl (C=O) groups is 1. The largest absolute Gasteiger partial charge is 0.342 e. The Kier molecular flexibility index (Phi) is 5.74. The molecule has 1 fully saturated rings. The van der Waals surface area contributed by atoms with Crippen LogP contribution in [0.15, 0.2) is 42.5 Å². The molecule has 0 aromatic heterocycles. The van der Waals surface area contributed by atoms with E-state index in [1.807, 2.05) is 4.90 Å². The second kappa shape index (κ2) is 8.04. The number of likely N-dealkylation sites (tertiary alicyclic amines) is 1. The van der Waals surface area contributed by atoms with Gasteiger partial charge in [0.05, 0.1) is 12.2 Å². The summed E-state index contributed by atoms with van der Waals surface area (Å²) in [7, 11) is -3.91. The SMILES string of the molecule is O=C(Cc1ccc(NS(=O)(=O)Cc2cc(F)ccc2F)cc1)N1CCCC1. The fourth-order valence-corrected chi connectivity index (χ4v) is 4.22. The van der Waals surface area contributed by atoms with Gasteiger partial charge in [0.2, 0.25) is 15.9 Å². The predicted molar refractivity (Wildman–Crippen MR) is 98.6 cm³/mol. The second-order valence-electron chi connectivity index (χ2n) is 6.56. The Hall–Kier alpha value is -2.48. The van der Waals surface area contributed by atoms with Gasteiger partial charge in [0.25, 0.3) is 0 Å². The first-order valence-electron chi connectivity index (χ1n) is 8.63. The van der Waals surface area contributed by atoms with Gasteiger partial charge < -0.3 is 4.90 Å². The number of hydrogen-bond acceptors (Lipinski definition) is 3. The average molecular weight is 394 g/mol. The van der Waals surface area contributed by atoms with E-state index in [4.69, 9.17) is 0 Å². The number of nitrogens with one attached hydrogen (secondary N) is 1. The van der Waals surface area contributed by atoms with Crippen LogP contribution in [0.1, 0.15) is 24.0 Å². The third-order valence-corrected chi connectivity index (χ3v) is 5.63. The highest BCUT2D eigenvalue weighted by molar-refractivity contribution is 7.91. The fourth-order valence-electron chi connectivity index (χ4n) is 3.02. The molecule has 3 rings (SSSR count). The van der Waals surface area contributed by atoms with Gasteiger partial charge in [0.1, 0.15) is 11.6 Å². The van der Waals surface area contributed by atoms with Gasteiger partial charge in [-0.1, -0.05) is 12.1 Å². The summed E-state index contributed by atoms with van der Waals surface area (Å²) in [5.41, 5.74) is 0.838. The van der Waals surface area contributed by atoms with Crippen LogP contribution >= 0.6 is 0 Å². The van der Waals surface area contributed by atoms with Gasteiger partial charge >= 0.3 is 0 Å². The topological polar surface area (TPSA) is 66.5 Å². The van der Waals surface area contributed by atoms with Crippen molar-refractivity contribution in [1.29, 1.82) is 0 Å². The van der Waals surface area contributed by atoms with Crippen LogP contribution in [0, 0.1) is 11.6 Å². The minimum Gasteiger partial charge on any atom is -0.342 e. The lowest BCUT2D eigenvalue weighted by Crippen LogP contribution is -2.29. The number of carbonyl (C=O) groups excluding carboxylic acids is 1. The van der Waals surface area contributed by atoms with Crippen molar-refractivity contribution >= 4 is 21.6 Å². The first-order valence-corrected chi connectivity index (χ1v) is 10.3. The van der Waals surface area contributed by atoms with Crippen LogP contribution in [0.5, 0.6) is 0 Å². The number of halogens is 2. The molecule has 2 aromatic rings. The molecule has 0 unspecified atom stereocenters. The van der Waals surface area contributed by atoms with E-state index >= 15 is 0 Å². The Bertz CT molecular complexity index is 924. The van der Waals surface area contributed by atoms with Crippen LogP contribution in [0.4, 0.5) is 14.5 Å². The Morgan fingerprint density at radius 1 is 1.04 bits per heavy atom. The van der Waals surface area contributed by atoms with Gasteiger partial charge in [-0.05, 0) is 48.7 Å². The molecule has 1 aliphatic heterocycles. The van der Waals surface area contributed by atoms with Crippen molar-refractivity contribution < 1.29 is 22.0 Å². The normalized spacial score (nSPS) is 14.4. The van der Waals surface area contributed by atoms with Gasteiger partial charge in [-0.15, -0.1) is 0 Å². The van der Waals surface area contributed by atoms with Crippen molar-refractivity contribution in [2.75, 3.05) is 17.8 Å². The van der Waals surface area contributed by atoms with Crippen LogP contribution < -0.4 is 4.72 Å². The standard InChI is InChI=1S/C19H20F2N2O3S/c20-16-5-8-18(21)15(12-16)13-27(25,26)22-17-6-3-14(4-7-17)11-19(24)23-9-1-2-10-23/h3-8,12,22H,1-2,9-11,13H2. The number of nitrogens with zero attached hydrogens (tertiary/aromatic N) is 1. The number of sulfonamides is 1. The van der Waals surface area contributed by atoms with Gasteiger partial charge in [0, 0.05) is 24.3 Å². The highest BCUT2D eigenvalue weighted by Crippen LogP contribution is 2.18. The molecule has 1 amide bonds. The molecule has 0 saturated carbocycles. The molecule has 8 heteroatoms. The maximum absolute atomic E-state index is 13.6. The summed E-state index contributed by atoms with van der Waals surface area (Å²) < 4.78 is 53.6. The molecule has 2 aromatic carbocycles. The van der Waals surface area contributed by atoms with Crippen molar-refractivity contribution in [2.45, 2.75) is 25.0 Å². The van der Waals surface area contributed by atoms with E-state index in [1.54, 1.807) is 24.3 Å². The fraction of sp³-hybridized carbons (Fsp3) is 0.316. The zero-order chi connectivity index (χ0) is 19.4. The smallest absolute Gasteiger partial charge is 0.237 e. The molecule has 1 heterocycles. The Labute approximate surface area is 157 Å². The van der Waals surface area contributed by atoms with Gasteiger partial charge in [-0.25, -0.2) is 17.2 Å². The Balaban J connectivity index is 1.63. The Morgan fingerprint density at radius 3 is 2.37 bits per heavy atom. The summed E-state index contributed by atoms with van der Waals surface area (Å²) >= 11 is 0. The minimum absolute atomic E-state index is 0.0578. The van der Waals surface area contributed by atoms with Crippen LogP contribution in [0.2, 0.25) is 0 Å². The number of amides is 1. The van der Waals surface area contributed by atoms with E-state index in [0.717, 1.165) is 49.7 Å². The summed E-state index contributed by atoms with van der Waals surface area (Å²) in [6.07, 6.45) is 2.32. The summed E-state index contributed by atoms with van der Waals surface area (Å²) in [5, 5.41) is 0. The van der Waals surface area contributed by atoms with Crippen LogP contribution in [0.25, 0.3) is 0 Å². The monoisotopic (exact) mass is 394 g/mol. The quantitative estimate of drug-likeness (QED) is 0.819. The molecule has 144 valence electrons. The van der Waals surface area contributed by atoms with E-state index in [-0.39, 0.29) is 17.9 Å². The van der Waals surface area contributed by atoms with Crippen LogP contribution in [-0.2, 0) is 27.0 Å². The highest BCUT2D eigenvalue weighted by atomic mass is 32.2. The molecule has 0 radical (unpaired) electrons. The second-order valence-corrected chi connectivity index (χ2v) is 8.28. The van der Waals surface area contributed by atoms with E-state index in [1.165, 1.54) is 0 Å². The molecule has 0 spiro atoms. The van der Waals surface area contributed by atoms with Crippen LogP contribution in [0.3, 0.4) is 0 Å². The maximum atomic E-state index is 13.6. The van der Waals surface area contributed by atoms with Crippen molar-refractivity contribution in [2.24, 2.45) is 0 Å². The lowest BCUT2D eigenvalue weighted by Gasteiger charge is -2.15. The average Bonchev–Trinajstić information content (AvgIpc) is 3.14. The summed E-state index contributed by atoms with van der Waals surface area (Å²) in [6, 6.07) is 9.14. The zero-order valence-corrected chi connectivity index (χ0v) is 15.4. The molecule has 0 atom stereocenters. The van der Waals surface area contributed by atoms with E-state index in [0.29, 0.717) is 5.69 Å². The van der Waals surface area contributed by atoms with Crippen molar-refractivity contribution in [3.63, 3.8) is 0 Å². The van der Waals surface area contributed by atoms with E-state index in [2.05, 4.69) is 4.72 Å². The lowest BCUT2D eigenvalue weighted by atomic mass is 10.1. The first-order chi connectivity index (χ1) is 12.8. The molecular weight excluding hydrogens is 374 g/mol. The lowest BCUT2D eigenvalue weighted by molar-refractivity contribution is -0.129. The maximum Gasteiger partial charge on any atom is 0.237 e. The van der Waals surface area contributed by atoms with Gasteiger partial charge in [-0.2, -0.15) is 0 Å². The summed E-state index contributed by atoms with van der Waals surface area (Å²) in [5.74, 6) is -2.10. The minimum atomic E-state index is -3.91. The van der Waals surface area contributed by atoms with Crippen molar-refractivity contribution in [3.05, 3.63) is 65.2 Å². The number of hydrogen-bond donors (Lipinski definition) is 1. The molecular formula is C19H20F2N2O3S. The number of rotatable bonds is 6. The molecule has 1 saturated heterocycles. The molecule has 27 heavy (non-hydrogen) atoms. The molecule has 0 aliphatic carbocycles. The number of benzene rings is 2.